The molecule has 2 unspecified atom stereocenters. The number of esters is 2. The van der Waals surface area contributed by atoms with Crippen LogP contribution in [0.3, 0.4) is 0 Å². The van der Waals surface area contributed by atoms with Crippen LogP contribution in [0.15, 0.2) is 25.3 Å². The number of carbonyl (C=O) groups is 2. The molecule has 94 valence electrons. The Morgan fingerprint density at radius 1 is 1.18 bits per heavy atom. The molecule has 0 aromatic heterocycles. The highest BCUT2D eigenvalue weighted by Gasteiger charge is 2.55. The highest BCUT2D eigenvalue weighted by atomic mass is 32.2. The van der Waals surface area contributed by atoms with Crippen molar-refractivity contribution in [1.82, 2.24) is 0 Å². The summed E-state index contributed by atoms with van der Waals surface area (Å²) in [5.74, 6) is -0.345. The number of hydrogen-bond acceptors (Lipinski definition) is 5. The van der Waals surface area contributed by atoms with E-state index in [9.17, 15) is 9.59 Å². The minimum absolute atomic E-state index is 0.275. The molecule has 1 aliphatic rings. The molecule has 1 rings (SSSR count). The number of hydrogen-bond donors (Lipinski definition) is 0. The predicted octanol–water partition coefficient (Wildman–Crippen LogP) is 1.57. The molecule has 0 aromatic carbocycles. The summed E-state index contributed by atoms with van der Waals surface area (Å²) in [4.78, 5) is 23.6. The van der Waals surface area contributed by atoms with Crippen LogP contribution in [-0.4, -0.2) is 36.7 Å². The van der Waals surface area contributed by atoms with E-state index in [2.05, 4.69) is 13.2 Å². The van der Waals surface area contributed by atoms with Crippen LogP contribution < -0.4 is 0 Å². The van der Waals surface area contributed by atoms with Gasteiger partial charge in [0.2, 0.25) is 0 Å². The summed E-state index contributed by atoms with van der Waals surface area (Å²) in [5, 5.41) is 0. The maximum absolute atomic E-state index is 11.8. The van der Waals surface area contributed by atoms with Crippen molar-refractivity contribution in [2.45, 2.75) is 11.2 Å². The van der Waals surface area contributed by atoms with Crippen LogP contribution in [-0.2, 0) is 19.1 Å². The van der Waals surface area contributed by atoms with E-state index >= 15 is 0 Å². The number of thioether (sulfide) groups is 1. The molecule has 17 heavy (non-hydrogen) atoms. The zero-order valence-corrected chi connectivity index (χ0v) is 10.8. The highest BCUT2D eigenvalue weighted by molar-refractivity contribution is 8.01. The summed E-state index contributed by atoms with van der Waals surface area (Å²) < 4.78 is 8.64. The van der Waals surface area contributed by atoms with E-state index < -0.39 is 16.1 Å². The van der Waals surface area contributed by atoms with Crippen molar-refractivity contribution in [1.29, 1.82) is 0 Å². The van der Waals surface area contributed by atoms with Gasteiger partial charge in [0.15, 0.2) is 0 Å². The van der Waals surface area contributed by atoms with Gasteiger partial charge in [0, 0.05) is 5.75 Å². The largest absolute Gasteiger partial charge is 0.468 e. The SMILES string of the molecule is C=CC1(C(=O)OC)CSC(C=C)(C(=O)OC)C1. The molecule has 1 heterocycles. The van der Waals surface area contributed by atoms with Crippen LogP contribution in [0.2, 0.25) is 0 Å². The second-order valence-electron chi connectivity index (χ2n) is 3.90. The number of ether oxygens (including phenoxy) is 2. The number of carbonyl (C=O) groups excluding carboxylic acids is 2. The second kappa shape index (κ2) is 4.96. The van der Waals surface area contributed by atoms with Crippen molar-refractivity contribution in [3.8, 4) is 0 Å². The molecule has 2 atom stereocenters. The van der Waals surface area contributed by atoms with Crippen LogP contribution in [0.25, 0.3) is 0 Å². The normalized spacial score (nSPS) is 31.6. The van der Waals surface area contributed by atoms with Crippen LogP contribution in [0.4, 0.5) is 0 Å². The van der Waals surface area contributed by atoms with E-state index in [1.54, 1.807) is 6.08 Å². The summed E-state index contributed by atoms with van der Waals surface area (Å²) in [7, 11) is 2.64. The van der Waals surface area contributed by atoms with Crippen LogP contribution >= 0.6 is 11.8 Å². The lowest BCUT2D eigenvalue weighted by molar-refractivity contribution is -0.149. The van der Waals surface area contributed by atoms with Crippen molar-refractivity contribution >= 4 is 23.7 Å². The van der Waals surface area contributed by atoms with Gasteiger partial charge in [0.05, 0.1) is 19.6 Å². The van der Waals surface area contributed by atoms with Gasteiger partial charge in [-0.3, -0.25) is 9.59 Å². The third-order valence-corrected chi connectivity index (χ3v) is 4.66. The molecule has 1 saturated heterocycles. The summed E-state index contributed by atoms with van der Waals surface area (Å²) in [6.45, 7) is 7.33. The Morgan fingerprint density at radius 3 is 2.18 bits per heavy atom. The van der Waals surface area contributed by atoms with Gasteiger partial charge < -0.3 is 9.47 Å². The highest BCUT2D eigenvalue weighted by Crippen LogP contribution is 2.51. The van der Waals surface area contributed by atoms with E-state index in [1.807, 2.05) is 0 Å². The Kier molecular flexibility index (Phi) is 4.03. The van der Waals surface area contributed by atoms with E-state index in [0.717, 1.165) is 0 Å². The van der Waals surface area contributed by atoms with Crippen LogP contribution in [0, 0.1) is 5.41 Å². The van der Waals surface area contributed by atoms with E-state index in [-0.39, 0.29) is 12.4 Å². The summed E-state index contributed by atoms with van der Waals surface area (Å²) >= 11 is 1.33. The number of methoxy groups -OCH3 is 2. The standard InChI is InChI=1S/C12H16O4S/c1-5-11(9(13)15-3)7-12(6-2,17-8-11)10(14)16-4/h5-6H,1-2,7-8H2,3-4H3. The predicted molar refractivity (Wildman–Crippen MR) is 66.7 cm³/mol. The zero-order valence-electron chi connectivity index (χ0n) is 10.0. The summed E-state index contributed by atoms with van der Waals surface area (Å²) in [5.41, 5.74) is -0.845. The smallest absolute Gasteiger partial charge is 0.325 e. The third kappa shape index (κ3) is 2.11. The maximum Gasteiger partial charge on any atom is 0.325 e. The summed E-state index contributed by atoms with van der Waals surface area (Å²) in [6.07, 6.45) is 3.34. The first-order valence-electron chi connectivity index (χ1n) is 5.08. The average molecular weight is 256 g/mol. The molecule has 0 radical (unpaired) electrons. The fourth-order valence-electron chi connectivity index (χ4n) is 1.90. The molecule has 0 aromatic rings. The molecule has 0 bridgehead atoms. The Hall–Kier alpha value is -1.23. The lowest BCUT2D eigenvalue weighted by Gasteiger charge is -2.24. The molecule has 0 aliphatic carbocycles. The van der Waals surface area contributed by atoms with Gasteiger partial charge in [-0.25, -0.2) is 0 Å². The van der Waals surface area contributed by atoms with Gasteiger partial charge in [-0.2, -0.15) is 0 Å². The van der Waals surface area contributed by atoms with E-state index in [0.29, 0.717) is 5.75 Å². The van der Waals surface area contributed by atoms with Gasteiger partial charge in [-0.15, -0.1) is 24.9 Å². The minimum atomic E-state index is -0.892. The van der Waals surface area contributed by atoms with Gasteiger partial charge in [-0.05, 0) is 6.42 Å². The third-order valence-electron chi connectivity index (χ3n) is 3.01. The van der Waals surface area contributed by atoms with E-state index in [1.165, 1.54) is 32.1 Å². The van der Waals surface area contributed by atoms with Crippen LogP contribution in [0.5, 0.6) is 0 Å². The second-order valence-corrected chi connectivity index (χ2v) is 5.21. The van der Waals surface area contributed by atoms with Crippen molar-refractivity contribution < 1.29 is 19.1 Å². The van der Waals surface area contributed by atoms with Gasteiger partial charge >= 0.3 is 11.9 Å². The lowest BCUT2D eigenvalue weighted by Crippen LogP contribution is -2.37. The first kappa shape index (κ1) is 13.8. The molecule has 0 amide bonds. The van der Waals surface area contributed by atoms with E-state index in [4.69, 9.17) is 9.47 Å². The average Bonchev–Trinajstić information content (AvgIpc) is 2.78. The maximum atomic E-state index is 11.8. The zero-order chi connectivity index (χ0) is 13.1. The fourth-order valence-corrected chi connectivity index (χ4v) is 3.43. The van der Waals surface area contributed by atoms with Crippen molar-refractivity contribution in [2.24, 2.45) is 5.41 Å². The minimum Gasteiger partial charge on any atom is -0.468 e. The first-order valence-corrected chi connectivity index (χ1v) is 6.07. The Morgan fingerprint density at radius 2 is 1.76 bits per heavy atom. The first-order chi connectivity index (χ1) is 8.00. The van der Waals surface area contributed by atoms with Crippen molar-refractivity contribution in [3.63, 3.8) is 0 Å². The Labute approximate surface area is 105 Å². The fraction of sp³-hybridized carbons (Fsp3) is 0.500. The molecular weight excluding hydrogens is 240 g/mol. The topological polar surface area (TPSA) is 52.6 Å². The monoisotopic (exact) mass is 256 g/mol. The molecule has 0 spiro atoms. The van der Waals surface area contributed by atoms with Crippen LogP contribution in [0.1, 0.15) is 6.42 Å². The molecule has 0 saturated carbocycles. The lowest BCUT2D eigenvalue weighted by atomic mass is 9.81. The van der Waals surface area contributed by atoms with Crippen molar-refractivity contribution in [3.05, 3.63) is 25.3 Å². The Bertz CT molecular complexity index is 332. The number of rotatable bonds is 4. The van der Waals surface area contributed by atoms with Gasteiger partial charge in [-0.1, -0.05) is 12.2 Å². The van der Waals surface area contributed by atoms with Crippen molar-refractivity contribution in [2.75, 3.05) is 20.0 Å². The quantitative estimate of drug-likeness (QED) is 0.564. The molecule has 5 heteroatoms. The van der Waals surface area contributed by atoms with Gasteiger partial charge in [0.1, 0.15) is 4.75 Å². The summed E-state index contributed by atoms with van der Waals surface area (Å²) in [6, 6.07) is 0. The Balaban J connectivity index is 3.07. The molecule has 1 fully saturated rings. The molecule has 0 N–H and O–H groups in total. The molecule has 1 aliphatic heterocycles. The van der Waals surface area contributed by atoms with Gasteiger partial charge in [0.25, 0.3) is 0 Å². The molecule has 4 nitrogen and oxygen atoms in total. The molecular formula is C12H16O4S.